The third-order valence-corrected chi connectivity index (χ3v) is 7.34. The van der Waals surface area contributed by atoms with Gasteiger partial charge in [-0.05, 0) is 60.7 Å². The zero-order chi connectivity index (χ0) is 30.5. The molecule has 8 heteroatoms. The van der Waals surface area contributed by atoms with Crippen LogP contribution in [0.2, 0.25) is 5.02 Å². The number of benzene rings is 4. The van der Waals surface area contributed by atoms with Crippen LogP contribution in [0.15, 0.2) is 115 Å². The lowest BCUT2D eigenvalue weighted by Crippen LogP contribution is -2.18. The molecule has 43 heavy (non-hydrogen) atoms. The van der Waals surface area contributed by atoms with Gasteiger partial charge in [-0.15, -0.1) is 0 Å². The van der Waals surface area contributed by atoms with Crippen LogP contribution in [0.25, 0.3) is 0 Å². The van der Waals surface area contributed by atoms with Crippen LogP contribution in [-0.4, -0.2) is 41.6 Å². The second kappa shape index (κ2) is 12.8. The fraction of sp³-hybridized carbons (Fsp3) is 0.0857. The van der Waals surface area contributed by atoms with E-state index in [1.165, 1.54) is 25.3 Å². The minimum absolute atomic E-state index is 0.00898. The summed E-state index contributed by atoms with van der Waals surface area (Å²) < 4.78 is 5.36. The zero-order valence-electron chi connectivity index (χ0n) is 23.4. The van der Waals surface area contributed by atoms with E-state index in [-0.39, 0.29) is 33.5 Å². The molecule has 0 saturated heterocycles. The number of methoxy groups -OCH3 is 1. The number of pyridine rings is 1. The first-order valence-electron chi connectivity index (χ1n) is 13.4. The van der Waals surface area contributed by atoms with Crippen LogP contribution in [0.1, 0.15) is 54.0 Å². The van der Waals surface area contributed by atoms with E-state index < -0.39 is 23.5 Å². The maximum absolute atomic E-state index is 13.7. The van der Waals surface area contributed by atoms with Gasteiger partial charge >= 0.3 is 0 Å². The third-order valence-electron chi connectivity index (χ3n) is 7.09. The summed E-state index contributed by atoms with van der Waals surface area (Å²) in [6.45, 7) is 0. The topological polar surface area (TPSA) is 96.8 Å². The van der Waals surface area contributed by atoms with Crippen LogP contribution in [0.4, 0.5) is 11.4 Å². The summed E-state index contributed by atoms with van der Waals surface area (Å²) in [5.41, 5.74) is 2.57. The van der Waals surface area contributed by atoms with Crippen molar-refractivity contribution in [2.45, 2.75) is 6.10 Å². The molecule has 0 spiro atoms. The summed E-state index contributed by atoms with van der Waals surface area (Å²) in [7, 11) is 3.32. The van der Waals surface area contributed by atoms with Gasteiger partial charge in [0.15, 0.2) is 11.6 Å². The predicted octanol–water partition coefficient (Wildman–Crippen LogP) is 6.89. The summed E-state index contributed by atoms with van der Waals surface area (Å²) in [6.07, 6.45) is -0.122. The highest BCUT2D eigenvalue weighted by Crippen LogP contribution is 2.30. The molecule has 0 aliphatic carbocycles. The second-order valence-electron chi connectivity index (χ2n) is 9.73. The van der Waals surface area contributed by atoms with Gasteiger partial charge in [0.05, 0.1) is 24.6 Å². The van der Waals surface area contributed by atoms with E-state index in [9.17, 15) is 19.5 Å². The van der Waals surface area contributed by atoms with E-state index in [0.717, 1.165) is 11.4 Å². The molecule has 1 atom stereocenters. The SMILES string of the molecule is COc1ccccc1C(=O)c1ccc(C(=O)c2ccc(N(C)c3ccc(Cl)cc3)cn2)cc1C(O)C(=O)c1ccccc1. The van der Waals surface area contributed by atoms with Gasteiger partial charge in [0, 0.05) is 40.0 Å². The van der Waals surface area contributed by atoms with Crippen LogP contribution in [0.5, 0.6) is 5.75 Å². The highest BCUT2D eigenvalue weighted by molar-refractivity contribution is 6.30. The fourth-order valence-electron chi connectivity index (χ4n) is 4.70. The van der Waals surface area contributed by atoms with Crippen molar-refractivity contribution in [3.8, 4) is 5.75 Å². The van der Waals surface area contributed by atoms with Gasteiger partial charge in [-0.25, -0.2) is 0 Å². The van der Waals surface area contributed by atoms with E-state index in [1.54, 1.807) is 85.1 Å². The molecular weight excluding hydrogens is 564 g/mol. The number of ether oxygens (including phenoxy) is 1. The van der Waals surface area contributed by atoms with E-state index in [2.05, 4.69) is 4.98 Å². The van der Waals surface area contributed by atoms with Crippen molar-refractivity contribution in [1.82, 2.24) is 4.98 Å². The number of carbonyl (C=O) groups is 3. The lowest BCUT2D eigenvalue weighted by atomic mass is 9.89. The van der Waals surface area contributed by atoms with Crippen molar-refractivity contribution in [1.29, 1.82) is 0 Å². The first-order valence-corrected chi connectivity index (χ1v) is 13.8. The Morgan fingerprint density at radius 1 is 0.767 bits per heavy atom. The molecule has 1 N–H and O–H groups in total. The molecule has 0 aliphatic heterocycles. The minimum Gasteiger partial charge on any atom is -0.496 e. The molecule has 0 radical (unpaired) electrons. The van der Waals surface area contributed by atoms with Crippen molar-refractivity contribution >= 4 is 40.3 Å². The number of hydrogen-bond acceptors (Lipinski definition) is 7. The smallest absolute Gasteiger partial charge is 0.211 e. The lowest BCUT2D eigenvalue weighted by Gasteiger charge is -2.19. The molecule has 1 heterocycles. The van der Waals surface area contributed by atoms with Gasteiger partial charge in [-0.1, -0.05) is 60.1 Å². The molecule has 1 unspecified atom stereocenters. The summed E-state index contributed by atoms with van der Waals surface area (Å²) in [4.78, 5) is 46.8. The van der Waals surface area contributed by atoms with Crippen LogP contribution in [0, 0.1) is 0 Å². The molecule has 0 fully saturated rings. The normalized spacial score (nSPS) is 11.4. The first-order chi connectivity index (χ1) is 20.8. The Hall–Kier alpha value is -5.11. The molecule has 0 bridgehead atoms. The van der Waals surface area contributed by atoms with Gasteiger partial charge in [0.25, 0.3) is 0 Å². The monoisotopic (exact) mass is 590 g/mol. The third kappa shape index (κ3) is 6.23. The highest BCUT2D eigenvalue weighted by atomic mass is 35.5. The number of nitrogens with zero attached hydrogens (tertiary/aromatic N) is 2. The van der Waals surface area contributed by atoms with Crippen molar-refractivity contribution in [2.75, 3.05) is 19.1 Å². The molecule has 0 amide bonds. The standard InChI is InChI=1S/C35H27ClN2O5/c1-38(25-15-13-24(36)14-16-25)26-17-19-30(37-21-26)32(39)23-12-18-27(34(41)28-10-6-7-11-31(28)43-2)29(20-23)35(42)33(40)22-8-4-3-5-9-22/h3-21,35,42H,1-2H3. The molecule has 7 nitrogen and oxygen atoms in total. The largest absolute Gasteiger partial charge is 0.496 e. The average molecular weight is 591 g/mol. The summed E-state index contributed by atoms with van der Waals surface area (Å²) in [5, 5.41) is 11.9. The zero-order valence-corrected chi connectivity index (χ0v) is 24.2. The number of carbonyl (C=O) groups excluding carboxylic acids is 3. The van der Waals surface area contributed by atoms with E-state index in [0.29, 0.717) is 10.8 Å². The van der Waals surface area contributed by atoms with Crippen LogP contribution in [0.3, 0.4) is 0 Å². The number of halogens is 1. The van der Waals surface area contributed by atoms with Crippen molar-refractivity contribution in [3.05, 3.63) is 154 Å². The number of anilines is 2. The summed E-state index contributed by atoms with van der Waals surface area (Å²) >= 11 is 6.00. The Labute approximate surface area is 254 Å². The number of ketones is 3. The Morgan fingerprint density at radius 3 is 2.12 bits per heavy atom. The molecule has 1 aromatic heterocycles. The van der Waals surface area contributed by atoms with Gasteiger partial charge in [-0.2, -0.15) is 0 Å². The fourth-order valence-corrected chi connectivity index (χ4v) is 4.82. The number of aromatic nitrogens is 1. The Bertz CT molecular complexity index is 1790. The first kappa shape index (κ1) is 29.4. The van der Waals surface area contributed by atoms with E-state index in [4.69, 9.17) is 16.3 Å². The maximum atomic E-state index is 13.7. The lowest BCUT2D eigenvalue weighted by molar-refractivity contribution is 0.0744. The number of Topliss-reactive ketones (excluding diaryl/α,β-unsaturated/α-hetero) is 1. The number of para-hydroxylation sites is 1. The number of hydrogen-bond donors (Lipinski definition) is 1. The summed E-state index contributed by atoms with van der Waals surface area (Å²) in [5.74, 6) is -1.15. The van der Waals surface area contributed by atoms with Crippen LogP contribution < -0.4 is 9.64 Å². The van der Waals surface area contributed by atoms with E-state index >= 15 is 0 Å². The molecule has 214 valence electrons. The summed E-state index contributed by atoms with van der Waals surface area (Å²) in [6, 6.07) is 30.0. The van der Waals surface area contributed by atoms with Crippen LogP contribution in [-0.2, 0) is 0 Å². The molecular formula is C35H27ClN2O5. The number of rotatable bonds is 10. The maximum Gasteiger partial charge on any atom is 0.211 e. The van der Waals surface area contributed by atoms with Crippen LogP contribution >= 0.6 is 11.6 Å². The van der Waals surface area contributed by atoms with Gasteiger partial charge in [0.1, 0.15) is 17.5 Å². The average Bonchev–Trinajstić information content (AvgIpc) is 3.07. The highest BCUT2D eigenvalue weighted by Gasteiger charge is 2.28. The molecule has 0 aliphatic rings. The van der Waals surface area contributed by atoms with Gasteiger partial charge in [-0.3, -0.25) is 19.4 Å². The van der Waals surface area contributed by atoms with Gasteiger partial charge in [0.2, 0.25) is 5.78 Å². The Morgan fingerprint density at radius 2 is 1.44 bits per heavy atom. The predicted molar refractivity (Wildman–Crippen MR) is 166 cm³/mol. The second-order valence-corrected chi connectivity index (χ2v) is 10.2. The molecule has 5 rings (SSSR count). The Kier molecular flexibility index (Phi) is 8.76. The quantitative estimate of drug-likeness (QED) is 0.177. The minimum atomic E-state index is -1.70. The van der Waals surface area contributed by atoms with Crippen molar-refractivity contribution in [3.63, 3.8) is 0 Å². The Balaban J connectivity index is 1.50. The van der Waals surface area contributed by atoms with E-state index in [1.807, 2.05) is 24.1 Å². The molecule has 0 saturated carbocycles. The number of aliphatic hydroxyl groups is 1. The molecule has 4 aromatic carbocycles. The van der Waals surface area contributed by atoms with Gasteiger partial charge < -0.3 is 14.7 Å². The number of aliphatic hydroxyl groups excluding tert-OH is 1. The molecule has 5 aromatic rings. The van der Waals surface area contributed by atoms with Crippen molar-refractivity contribution in [2.24, 2.45) is 0 Å². The van der Waals surface area contributed by atoms with Crippen molar-refractivity contribution < 1.29 is 24.2 Å².